The fourth-order valence-electron chi connectivity index (χ4n) is 0.829. The van der Waals surface area contributed by atoms with Gasteiger partial charge in [0.15, 0.2) is 0 Å². The fraction of sp³-hybridized carbons (Fsp3) is 0.500. The van der Waals surface area contributed by atoms with E-state index in [4.69, 9.17) is 11.6 Å². The van der Waals surface area contributed by atoms with Gasteiger partial charge >= 0.3 is 0 Å². The van der Waals surface area contributed by atoms with Crippen molar-refractivity contribution in [2.45, 2.75) is 26.2 Å². The molecule has 0 radical (unpaired) electrons. The molecule has 0 unspecified atom stereocenters. The number of hydrogen-bond acceptors (Lipinski definition) is 1. The minimum Gasteiger partial charge on any atom is -0.146 e. The van der Waals surface area contributed by atoms with E-state index in [0.29, 0.717) is 0 Å². The van der Waals surface area contributed by atoms with Crippen LogP contribution < -0.4 is 0 Å². The third-order valence-corrected chi connectivity index (χ3v) is 4.87. The Hall–Kier alpha value is 0.720. The summed E-state index contributed by atoms with van der Waals surface area (Å²) < 4.78 is 1.17. The second kappa shape index (κ2) is 3.23. The van der Waals surface area contributed by atoms with Gasteiger partial charge < -0.3 is 0 Å². The molecule has 0 amide bonds. The molecule has 0 aromatic carbocycles. The molecule has 1 heterocycles. The summed E-state index contributed by atoms with van der Waals surface area (Å²) in [6.45, 7) is 6.54. The maximum Gasteiger partial charge on any atom is 0.0683 e. The van der Waals surface area contributed by atoms with Gasteiger partial charge in [0.25, 0.3) is 0 Å². The maximum atomic E-state index is 6.10. The third kappa shape index (κ3) is 2.10. The minimum absolute atomic E-state index is 0.186. The van der Waals surface area contributed by atoms with Crippen molar-refractivity contribution in [1.82, 2.24) is 0 Å². The predicted octanol–water partition coefficient (Wildman–Crippen LogP) is 4.30. The number of thiophene rings is 1. The highest BCUT2D eigenvalue weighted by Crippen LogP contribution is 2.37. The van der Waals surface area contributed by atoms with Crippen molar-refractivity contribution in [3.8, 4) is 0 Å². The molecular weight excluding hydrogens is 291 g/mol. The van der Waals surface area contributed by atoms with Gasteiger partial charge in [-0.1, -0.05) is 32.4 Å². The summed E-state index contributed by atoms with van der Waals surface area (Å²) in [6, 6.07) is 0. The standard InChI is InChI=1S/C8H10ClIS/c1-8(2,3)7-6(9)5(10)4-11-7/h4H,1-3H3. The Morgan fingerprint density at radius 2 is 2.00 bits per heavy atom. The highest BCUT2D eigenvalue weighted by molar-refractivity contribution is 14.1. The zero-order valence-corrected chi connectivity index (χ0v) is 10.5. The van der Waals surface area contributed by atoms with Gasteiger partial charge in [-0.3, -0.25) is 0 Å². The van der Waals surface area contributed by atoms with Crippen molar-refractivity contribution >= 4 is 45.5 Å². The van der Waals surface area contributed by atoms with Crippen molar-refractivity contribution < 1.29 is 0 Å². The summed E-state index contributed by atoms with van der Waals surface area (Å²) in [7, 11) is 0. The smallest absolute Gasteiger partial charge is 0.0683 e. The van der Waals surface area contributed by atoms with Crippen LogP contribution in [0, 0.1) is 3.57 Å². The van der Waals surface area contributed by atoms with Crippen LogP contribution in [0.25, 0.3) is 0 Å². The first kappa shape index (κ1) is 9.81. The lowest BCUT2D eigenvalue weighted by Gasteiger charge is -2.16. The van der Waals surface area contributed by atoms with Crippen LogP contribution in [-0.4, -0.2) is 0 Å². The summed E-state index contributed by atoms with van der Waals surface area (Å²) >= 11 is 10.1. The molecule has 0 saturated carbocycles. The SMILES string of the molecule is CC(C)(C)c1scc(I)c1Cl. The lowest BCUT2D eigenvalue weighted by molar-refractivity contribution is 0.604. The van der Waals surface area contributed by atoms with Crippen LogP contribution >= 0.6 is 45.5 Å². The van der Waals surface area contributed by atoms with Crippen LogP contribution in [0.1, 0.15) is 25.6 Å². The van der Waals surface area contributed by atoms with Crippen molar-refractivity contribution in [2.24, 2.45) is 0 Å². The molecule has 0 aliphatic rings. The molecule has 0 fully saturated rings. The first-order valence-corrected chi connectivity index (χ1v) is 5.69. The quantitative estimate of drug-likeness (QED) is 0.627. The Morgan fingerprint density at radius 3 is 2.18 bits per heavy atom. The molecule has 11 heavy (non-hydrogen) atoms. The van der Waals surface area contributed by atoms with Crippen LogP contribution in [0.5, 0.6) is 0 Å². The van der Waals surface area contributed by atoms with Gasteiger partial charge in [0.2, 0.25) is 0 Å². The average molecular weight is 301 g/mol. The first-order chi connectivity index (χ1) is 4.93. The van der Waals surface area contributed by atoms with E-state index < -0.39 is 0 Å². The van der Waals surface area contributed by atoms with E-state index in [1.807, 2.05) is 0 Å². The topological polar surface area (TPSA) is 0 Å². The van der Waals surface area contributed by atoms with Gasteiger partial charge in [-0.15, -0.1) is 11.3 Å². The summed E-state index contributed by atoms with van der Waals surface area (Å²) in [5.41, 5.74) is 0.186. The predicted molar refractivity (Wildman–Crippen MR) is 60.7 cm³/mol. The van der Waals surface area contributed by atoms with Gasteiger partial charge in [-0.2, -0.15) is 0 Å². The van der Waals surface area contributed by atoms with E-state index in [9.17, 15) is 0 Å². The lowest BCUT2D eigenvalue weighted by atomic mass is 9.95. The molecule has 0 nitrogen and oxygen atoms in total. The van der Waals surface area contributed by atoms with Gasteiger partial charge in [0.1, 0.15) is 0 Å². The van der Waals surface area contributed by atoms with Gasteiger partial charge in [0.05, 0.1) is 5.02 Å². The average Bonchev–Trinajstić information content (AvgIpc) is 2.11. The Morgan fingerprint density at radius 1 is 1.45 bits per heavy atom. The summed E-state index contributed by atoms with van der Waals surface area (Å²) in [4.78, 5) is 1.28. The second-order valence-electron chi connectivity index (χ2n) is 3.48. The van der Waals surface area contributed by atoms with Crippen LogP contribution in [0.3, 0.4) is 0 Å². The van der Waals surface area contributed by atoms with E-state index in [2.05, 4.69) is 48.7 Å². The van der Waals surface area contributed by atoms with Gasteiger partial charge in [-0.25, -0.2) is 0 Å². The largest absolute Gasteiger partial charge is 0.146 e. The molecule has 1 rings (SSSR count). The second-order valence-corrected chi connectivity index (χ2v) is 5.90. The van der Waals surface area contributed by atoms with Crippen LogP contribution in [0.15, 0.2) is 5.38 Å². The van der Waals surface area contributed by atoms with E-state index in [1.54, 1.807) is 11.3 Å². The molecule has 0 aliphatic heterocycles. The number of hydrogen-bond donors (Lipinski definition) is 0. The van der Waals surface area contributed by atoms with Crippen molar-refractivity contribution in [1.29, 1.82) is 0 Å². The summed E-state index contributed by atoms with van der Waals surface area (Å²) in [6.07, 6.45) is 0. The van der Waals surface area contributed by atoms with Crippen LogP contribution in [0.4, 0.5) is 0 Å². The molecule has 0 N–H and O–H groups in total. The maximum absolute atomic E-state index is 6.10. The molecular formula is C8H10ClIS. The summed E-state index contributed by atoms with van der Waals surface area (Å²) in [5, 5.41) is 3.03. The Labute approximate surface area is 90.1 Å². The molecule has 0 aliphatic carbocycles. The van der Waals surface area contributed by atoms with E-state index in [0.717, 1.165) is 5.02 Å². The summed E-state index contributed by atoms with van der Waals surface area (Å²) in [5.74, 6) is 0. The minimum atomic E-state index is 0.186. The van der Waals surface area contributed by atoms with Crippen LogP contribution in [-0.2, 0) is 5.41 Å². The van der Waals surface area contributed by atoms with Crippen molar-refractivity contribution in [3.63, 3.8) is 0 Å². The lowest BCUT2D eigenvalue weighted by Crippen LogP contribution is -2.08. The Balaban J connectivity index is 3.15. The third-order valence-electron chi connectivity index (χ3n) is 1.37. The highest BCUT2D eigenvalue weighted by Gasteiger charge is 2.20. The fourth-order valence-corrected chi connectivity index (χ4v) is 3.11. The molecule has 1 aromatic heterocycles. The van der Waals surface area contributed by atoms with Crippen LogP contribution in [0.2, 0.25) is 5.02 Å². The zero-order chi connectivity index (χ0) is 8.65. The van der Waals surface area contributed by atoms with E-state index in [1.165, 1.54) is 8.45 Å². The molecule has 0 atom stereocenters. The Bertz CT molecular complexity index is 260. The molecule has 3 heteroatoms. The number of halogens is 2. The zero-order valence-electron chi connectivity index (χ0n) is 6.74. The monoisotopic (exact) mass is 300 g/mol. The number of rotatable bonds is 0. The normalized spacial score (nSPS) is 12.1. The molecule has 0 spiro atoms. The molecule has 62 valence electrons. The van der Waals surface area contributed by atoms with E-state index in [-0.39, 0.29) is 5.41 Å². The highest BCUT2D eigenvalue weighted by atomic mass is 127. The molecule has 0 bridgehead atoms. The first-order valence-electron chi connectivity index (χ1n) is 3.36. The Kier molecular flexibility index (Phi) is 2.88. The van der Waals surface area contributed by atoms with Gasteiger partial charge in [-0.05, 0) is 28.0 Å². The van der Waals surface area contributed by atoms with Crippen molar-refractivity contribution in [2.75, 3.05) is 0 Å². The molecule has 0 saturated heterocycles. The van der Waals surface area contributed by atoms with Gasteiger partial charge in [0, 0.05) is 13.8 Å². The van der Waals surface area contributed by atoms with E-state index >= 15 is 0 Å². The van der Waals surface area contributed by atoms with Crippen molar-refractivity contribution in [3.05, 3.63) is 18.9 Å². The molecule has 1 aromatic rings.